The van der Waals surface area contributed by atoms with Crippen LogP contribution < -0.4 is 4.74 Å². The van der Waals surface area contributed by atoms with Crippen LogP contribution in [-0.2, 0) is 12.8 Å². The van der Waals surface area contributed by atoms with Gasteiger partial charge in [-0.15, -0.1) is 0 Å². The summed E-state index contributed by atoms with van der Waals surface area (Å²) >= 11 is 0. The minimum absolute atomic E-state index is 0.0283. The highest BCUT2D eigenvalue weighted by atomic mass is 19.4. The first kappa shape index (κ1) is 14.3. The van der Waals surface area contributed by atoms with Gasteiger partial charge in [0, 0.05) is 10.9 Å². The maximum absolute atomic E-state index is 12.9. The molecule has 1 N–H and O–H groups in total. The summed E-state index contributed by atoms with van der Waals surface area (Å²) in [4.78, 5) is 0. The number of hydrogen-bond acceptors (Lipinski definition) is 3. The van der Waals surface area contributed by atoms with Gasteiger partial charge in [-0.2, -0.15) is 13.2 Å². The molecule has 22 heavy (non-hydrogen) atoms. The van der Waals surface area contributed by atoms with Gasteiger partial charge >= 0.3 is 6.18 Å². The lowest BCUT2D eigenvalue weighted by atomic mass is 10.1. The smallest absolute Gasteiger partial charge is 0.419 e. The molecule has 0 saturated carbocycles. The fourth-order valence-corrected chi connectivity index (χ4v) is 2.19. The van der Waals surface area contributed by atoms with Gasteiger partial charge in [-0.1, -0.05) is 24.3 Å². The van der Waals surface area contributed by atoms with E-state index in [0.29, 0.717) is 10.9 Å². The zero-order valence-corrected chi connectivity index (χ0v) is 11.2. The second-order valence-corrected chi connectivity index (χ2v) is 4.70. The molecule has 0 amide bonds. The van der Waals surface area contributed by atoms with Crippen molar-refractivity contribution in [2.75, 3.05) is 0 Å². The first-order valence-corrected chi connectivity index (χ1v) is 6.44. The van der Waals surface area contributed by atoms with Crippen LogP contribution in [0, 0.1) is 0 Å². The molecular formula is C16H11F3O3. The number of para-hydroxylation sites is 2. The zero-order chi connectivity index (χ0) is 15.7. The third-order valence-corrected chi connectivity index (χ3v) is 3.23. The predicted octanol–water partition coefficient (Wildman–Crippen LogP) is 4.74. The van der Waals surface area contributed by atoms with Gasteiger partial charge < -0.3 is 14.3 Å². The van der Waals surface area contributed by atoms with Crippen LogP contribution in [0.3, 0.4) is 0 Å². The molecule has 0 radical (unpaired) electrons. The van der Waals surface area contributed by atoms with E-state index < -0.39 is 11.7 Å². The van der Waals surface area contributed by atoms with Crippen molar-refractivity contribution in [3.63, 3.8) is 0 Å². The van der Waals surface area contributed by atoms with E-state index in [-0.39, 0.29) is 23.7 Å². The first-order chi connectivity index (χ1) is 10.5. The summed E-state index contributed by atoms with van der Waals surface area (Å²) in [5.74, 6) is -0.274. The van der Waals surface area contributed by atoms with Crippen LogP contribution in [0.5, 0.6) is 11.5 Å². The number of aromatic hydroxyl groups is 1. The highest BCUT2D eigenvalue weighted by Gasteiger charge is 2.34. The summed E-state index contributed by atoms with van der Waals surface area (Å²) in [7, 11) is 0. The van der Waals surface area contributed by atoms with Gasteiger partial charge in [0.25, 0.3) is 0 Å². The number of rotatable bonds is 3. The van der Waals surface area contributed by atoms with Crippen LogP contribution in [0.2, 0.25) is 0 Å². The van der Waals surface area contributed by atoms with Crippen LogP contribution >= 0.6 is 0 Å². The maximum atomic E-state index is 12.9. The second-order valence-electron chi connectivity index (χ2n) is 4.70. The Bertz CT molecular complexity index is 806. The fourth-order valence-electron chi connectivity index (χ4n) is 2.19. The molecule has 1 heterocycles. The van der Waals surface area contributed by atoms with Gasteiger partial charge in [-0.25, -0.2) is 0 Å². The number of furan rings is 1. The van der Waals surface area contributed by atoms with Crippen LogP contribution in [0.15, 0.2) is 53.1 Å². The molecule has 6 heteroatoms. The molecule has 0 bridgehead atoms. The average molecular weight is 308 g/mol. The zero-order valence-electron chi connectivity index (χ0n) is 11.2. The van der Waals surface area contributed by atoms with E-state index in [1.165, 1.54) is 30.5 Å². The molecule has 1 aromatic heterocycles. The van der Waals surface area contributed by atoms with Crippen molar-refractivity contribution in [1.29, 1.82) is 0 Å². The van der Waals surface area contributed by atoms with E-state index in [4.69, 9.17) is 9.15 Å². The molecule has 0 saturated heterocycles. The van der Waals surface area contributed by atoms with E-state index in [2.05, 4.69) is 0 Å². The number of phenolic OH excluding ortho intramolecular Hbond substituents is 1. The molecule has 0 aliphatic rings. The number of phenols is 1. The summed E-state index contributed by atoms with van der Waals surface area (Å²) in [6, 6.07) is 9.81. The quantitative estimate of drug-likeness (QED) is 0.760. The number of hydrogen-bond donors (Lipinski definition) is 1. The van der Waals surface area contributed by atoms with Crippen LogP contribution in [-0.4, -0.2) is 5.11 Å². The summed E-state index contributed by atoms with van der Waals surface area (Å²) in [6.07, 6.45) is -3.12. The third-order valence-electron chi connectivity index (χ3n) is 3.23. The molecule has 0 fully saturated rings. The van der Waals surface area contributed by atoms with Crippen molar-refractivity contribution in [1.82, 2.24) is 0 Å². The van der Waals surface area contributed by atoms with Gasteiger partial charge in [0.15, 0.2) is 11.3 Å². The van der Waals surface area contributed by atoms with Crippen LogP contribution in [0.1, 0.15) is 11.1 Å². The van der Waals surface area contributed by atoms with E-state index in [0.717, 1.165) is 6.07 Å². The normalized spacial score (nSPS) is 11.8. The molecule has 0 aliphatic carbocycles. The molecule has 0 spiro atoms. The Hall–Kier alpha value is -2.63. The van der Waals surface area contributed by atoms with Crippen molar-refractivity contribution in [2.45, 2.75) is 12.8 Å². The second kappa shape index (κ2) is 5.29. The van der Waals surface area contributed by atoms with E-state index in [1.807, 2.05) is 0 Å². The Morgan fingerprint density at radius 3 is 2.59 bits per heavy atom. The van der Waals surface area contributed by atoms with Gasteiger partial charge in [0.2, 0.25) is 0 Å². The molecule has 0 aliphatic heterocycles. The van der Waals surface area contributed by atoms with Crippen molar-refractivity contribution in [3.8, 4) is 11.5 Å². The Morgan fingerprint density at radius 2 is 1.82 bits per heavy atom. The largest absolute Gasteiger partial charge is 0.504 e. The van der Waals surface area contributed by atoms with Gasteiger partial charge in [-0.3, -0.25) is 0 Å². The van der Waals surface area contributed by atoms with Crippen molar-refractivity contribution < 1.29 is 27.4 Å². The molecule has 3 nitrogen and oxygen atoms in total. The van der Waals surface area contributed by atoms with Gasteiger partial charge in [0.1, 0.15) is 12.4 Å². The van der Waals surface area contributed by atoms with Crippen LogP contribution in [0.4, 0.5) is 13.2 Å². The van der Waals surface area contributed by atoms with Gasteiger partial charge in [-0.05, 0) is 18.2 Å². The van der Waals surface area contributed by atoms with Gasteiger partial charge in [0.05, 0.1) is 11.8 Å². The number of ether oxygens (including phenoxy) is 1. The number of alkyl halides is 3. The average Bonchev–Trinajstić information content (AvgIpc) is 2.89. The monoisotopic (exact) mass is 308 g/mol. The minimum atomic E-state index is -4.48. The lowest BCUT2D eigenvalue weighted by molar-refractivity contribution is -0.139. The number of fused-ring (bicyclic) bond motifs is 1. The minimum Gasteiger partial charge on any atom is -0.504 e. The number of benzene rings is 2. The number of halogens is 3. The lowest BCUT2D eigenvalue weighted by Gasteiger charge is -2.13. The molecule has 0 unspecified atom stereocenters. The molecular weight excluding hydrogens is 297 g/mol. The van der Waals surface area contributed by atoms with E-state index >= 15 is 0 Å². The highest BCUT2D eigenvalue weighted by molar-refractivity contribution is 5.85. The standard InChI is InChI=1S/C16H11F3O3/c17-16(18,19)12-5-1-2-7-14(12)21-8-10-9-22-15-11(10)4-3-6-13(15)20/h1-7,9,20H,8H2. The lowest BCUT2D eigenvalue weighted by Crippen LogP contribution is -2.08. The predicted molar refractivity (Wildman–Crippen MR) is 73.7 cm³/mol. The SMILES string of the molecule is Oc1cccc2c(COc3ccccc3C(F)(F)F)coc12. The molecule has 0 atom stereocenters. The Labute approximate surface area is 123 Å². The molecule has 3 aromatic rings. The summed E-state index contributed by atoms with van der Waals surface area (Å²) in [5.41, 5.74) is 0.0127. The third kappa shape index (κ3) is 2.59. The van der Waals surface area contributed by atoms with Crippen molar-refractivity contribution >= 4 is 11.0 Å². The Balaban J connectivity index is 1.88. The maximum Gasteiger partial charge on any atom is 0.419 e. The Morgan fingerprint density at radius 1 is 1.05 bits per heavy atom. The fraction of sp³-hybridized carbons (Fsp3) is 0.125. The summed E-state index contributed by atoms with van der Waals surface area (Å²) < 4.78 is 49.2. The topological polar surface area (TPSA) is 42.6 Å². The first-order valence-electron chi connectivity index (χ1n) is 6.44. The van der Waals surface area contributed by atoms with Crippen molar-refractivity contribution in [2.24, 2.45) is 0 Å². The van der Waals surface area contributed by atoms with Crippen molar-refractivity contribution in [3.05, 3.63) is 59.9 Å². The molecule has 2 aromatic carbocycles. The van der Waals surface area contributed by atoms with E-state index in [1.54, 1.807) is 12.1 Å². The molecule has 114 valence electrons. The molecule has 3 rings (SSSR count). The highest BCUT2D eigenvalue weighted by Crippen LogP contribution is 2.36. The summed E-state index contributed by atoms with van der Waals surface area (Å²) in [5, 5.41) is 10.2. The van der Waals surface area contributed by atoms with E-state index in [9.17, 15) is 18.3 Å². The summed E-state index contributed by atoms with van der Waals surface area (Å²) in [6.45, 7) is -0.0937. The Kier molecular flexibility index (Phi) is 3.44. The van der Waals surface area contributed by atoms with Crippen LogP contribution in [0.25, 0.3) is 11.0 Å².